The average Bonchev–Trinajstić information content (AvgIpc) is 3.17. The number of anilines is 1. The van der Waals surface area contributed by atoms with E-state index in [0.717, 1.165) is 18.5 Å². The Morgan fingerprint density at radius 1 is 1.10 bits per heavy atom. The second-order valence-electron chi connectivity index (χ2n) is 5.16. The maximum Gasteiger partial charge on any atom is 0.371 e. The zero-order valence-electron chi connectivity index (χ0n) is 11.4. The molecular weight excluding hydrogens is 270 g/mol. The Hall–Kier alpha value is -2.56. The van der Waals surface area contributed by atoms with Crippen LogP contribution in [0, 0.1) is 5.92 Å². The highest BCUT2D eigenvalue weighted by Crippen LogP contribution is 2.32. The summed E-state index contributed by atoms with van der Waals surface area (Å²) in [6.07, 6.45) is 2.24. The molecule has 3 rings (SSSR count). The number of carbonyl (C=O) groups excluding carboxylic acids is 1. The predicted molar refractivity (Wildman–Crippen MR) is 76.5 cm³/mol. The van der Waals surface area contributed by atoms with Crippen molar-refractivity contribution in [2.75, 3.05) is 11.4 Å². The molecule has 1 saturated carbocycles. The fourth-order valence-corrected chi connectivity index (χ4v) is 2.17. The molecule has 5 heteroatoms. The van der Waals surface area contributed by atoms with Crippen LogP contribution in [0.2, 0.25) is 0 Å². The van der Waals surface area contributed by atoms with Crippen LogP contribution in [0.4, 0.5) is 5.69 Å². The normalized spacial score (nSPS) is 13.9. The van der Waals surface area contributed by atoms with Crippen LogP contribution in [0.15, 0.2) is 46.9 Å². The summed E-state index contributed by atoms with van der Waals surface area (Å²) in [6, 6.07) is 12.1. The second-order valence-corrected chi connectivity index (χ2v) is 5.16. The minimum absolute atomic E-state index is 0.0527. The Morgan fingerprint density at radius 3 is 2.33 bits per heavy atom. The highest BCUT2D eigenvalue weighted by Gasteiger charge is 2.29. The van der Waals surface area contributed by atoms with Gasteiger partial charge in [-0.15, -0.1) is 0 Å². The van der Waals surface area contributed by atoms with Gasteiger partial charge in [-0.2, -0.15) is 0 Å². The standard InChI is InChI=1S/C16H15NO4/c18-15(13-8-9-14(21-13)16(19)20)17(10-11-6-7-11)12-4-2-1-3-5-12/h1-5,8-9,11H,6-7,10H2,(H,19,20). The Morgan fingerprint density at radius 2 is 1.76 bits per heavy atom. The van der Waals surface area contributed by atoms with E-state index in [4.69, 9.17) is 9.52 Å². The van der Waals surface area contributed by atoms with Crippen molar-refractivity contribution >= 4 is 17.6 Å². The van der Waals surface area contributed by atoms with Crippen LogP contribution >= 0.6 is 0 Å². The highest BCUT2D eigenvalue weighted by molar-refractivity contribution is 6.04. The number of aromatic carboxylic acids is 1. The minimum Gasteiger partial charge on any atom is -0.475 e. The Labute approximate surface area is 121 Å². The number of rotatable bonds is 5. The van der Waals surface area contributed by atoms with Crippen LogP contribution < -0.4 is 4.90 Å². The summed E-state index contributed by atoms with van der Waals surface area (Å²) in [5.41, 5.74) is 0.794. The number of carboxylic acids is 1. The van der Waals surface area contributed by atoms with Gasteiger partial charge >= 0.3 is 5.97 Å². The van der Waals surface area contributed by atoms with Crippen molar-refractivity contribution in [3.05, 3.63) is 54.0 Å². The molecule has 21 heavy (non-hydrogen) atoms. The van der Waals surface area contributed by atoms with Crippen molar-refractivity contribution in [3.63, 3.8) is 0 Å². The van der Waals surface area contributed by atoms with Gasteiger partial charge in [-0.05, 0) is 43.0 Å². The highest BCUT2D eigenvalue weighted by atomic mass is 16.4. The molecule has 1 fully saturated rings. The van der Waals surface area contributed by atoms with Crippen LogP contribution in [-0.4, -0.2) is 23.5 Å². The van der Waals surface area contributed by atoms with Crippen LogP contribution in [-0.2, 0) is 0 Å². The molecule has 0 bridgehead atoms. The molecule has 0 aliphatic heterocycles. The van der Waals surface area contributed by atoms with Gasteiger partial charge in [0.05, 0.1) is 0 Å². The molecule has 1 heterocycles. The van der Waals surface area contributed by atoms with Gasteiger partial charge in [0, 0.05) is 12.2 Å². The Balaban J connectivity index is 1.87. The summed E-state index contributed by atoms with van der Waals surface area (Å²) in [5, 5.41) is 8.87. The number of nitrogens with zero attached hydrogens (tertiary/aromatic N) is 1. The van der Waals surface area contributed by atoms with Crippen molar-refractivity contribution in [3.8, 4) is 0 Å². The van der Waals surface area contributed by atoms with E-state index in [1.54, 1.807) is 4.90 Å². The first-order chi connectivity index (χ1) is 10.1. The number of carboxylic acid groups (broad SMARTS) is 1. The third-order valence-electron chi connectivity index (χ3n) is 3.48. The van der Waals surface area contributed by atoms with Crippen LogP contribution in [0.1, 0.15) is 34.0 Å². The number of amides is 1. The van der Waals surface area contributed by atoms with Gasteiger partial charge in [-0.1, -0.05) is 18.2 Å². The zero-order valence-corrected chi connectivity index (χ0v) is 11.4. The lowest BCUT2D eigenvalue weighted by atomic mass is 10.2. The summed E-state index contributed by atoms with van der Waals surface area (Å²) in [6.45, 7) is 0.631. The molecule has 1 N–H and O–H groups in total. The number of para-hydroxylation sites is 1. The number of benzene rings is 1. The lowest BCUT2D eigenvalue weighted by Crippen LogP contribution is -2.32. The monoisotopic (exact) mass is 285 g/mol. The molecule has 1 amide bonds. The maximum atomic E-state index is 12.6. The third-order valence-corrected chi connectivity index (χ3v) is 3.48. The molecule has 0 unspecified atom stereocenters. The zero-order chi connectivity index (χ0) is 14.8. The molecule has 0 spiro atoms. The smallest absolute Gasteiger partial charge is 0.371 e. The quantitative estimate of drug-likeness (QED) is 0.916. The Kier molecular flexibility index (Phi) is 3.48. The third kappa shape index (κ3) is 2.97. The van der Waals surface area contributed by atoms with E-state index in [-0.39, 0.29) is 17.4 Å². The van der Waals surface area contributed by atoms with E-state index in [1.807, 2.05) is 30.3 Å². The fourth-order valence-electron chi connectivity index (χ4n) is 2.17. The van der Waals surface area contributed by atoms with Gasteiger partial charge in [0.2, 0.25) is 5.76 Å². The Bertz CT molecular complexity index is 658. The van der Waals surface area contributed by atoms with Gasteiger partial charge < -0.3 is 14.4 Å². The minimum atomic E-state index is -1.18. The van der Waals surface area contributed by atoms with Crippen LogP contribution in [0.5, 0.6) is 0 Å². The number of carbonyl (C=O) groups is 2. The van der Waals surface area contributed by atoms with Gasteiger partial charge in [0.15, 0.2) is 5.76 Å². The number of hydrogen-bond acceptors (Lipinski definition) is 3. The predicted octanol–water partition coefficient (Wildman–Crippen LogP) is 3.03. The summed E-state index contributed by atoms with van der Waals surface area (Å²) >= 11 is 0. The maximum absolute atomic E-state index is 12.6. The van der Waals surface area contributed by atoms with E-state index >= 15 is 0 Å². The lowest BCUT2D eigenvalue weighted by molar-refractivity contribution is 0.0660. The first-order valence-corrected chi connectivity index (χ1v) is 6.85. The van der Waals surface area contributed by atoms with E-state index in [9.17, 15) is 9.59 Å². The summed E-state index contributed by atoms with van der Waals surface area (Å²) in [5.74, 6) is -1.14. The van der Waals surface area contributed by atoms with E-state index in [0.29, 0.717) is 12.5 Å². The van der Waals surface area contributed by atoms with Gasteiger partial charge in [0.25, 0.3) is 5.91 Å². The van der Waals surface area contributed by atoms with Gasteiger partial charge in [-0.25, -0.2) is 4.79 Å². The number of furan rings is 1. The molecule has 1 aromatic heterocycles. The second kappa shape index (κ2) is 5.44. The van der Waals surface area contributed by atoms with Crippen molar-refractivity contribution in [2.24, 2.45) is 5.92 Å². The lowest BCUT2D eigenvalue weighted by Gasteiger charge is -2.21. The molecule has 108 valence electrons. The summed E-state index contributed by atoms with van der Waals surface area (Å²) in [7, 11) is 0. The van der Waals surface area contributed by atoms with Crippen molar-refractivity contribution in [1.29, 1.82) is 0 Å². The van der Waals surface area contributed by atoms with Crippen molar-refractivity contribution < 1.29 is 19.1 Å². The molecule has 2 aromatic rings. The number of hydrogen-bond donors (Lipinski definition) is 1. The molecule has 1 aliphatic carbocycles. The molecule has 0 atom stereocenters. The van der Waals surface area contributed by atoms with E-state index in [2.05, 4.69) is 0 Å². The van der Waals surface area contributed by atoms with E-state index < -0.39 is 5.97 Å². The molecule has 0 radical (unpaired) electrons. The molecule has 5 nitrogen and oxygen atoms in total. The molecule has 1 aliphatic rings. The SMILES string of the molecule is O=C(O)c1ccc(C(=O)N(CC2CC2)c2ccccc2)o1. The summed E-state index contributed by atoms with van der Waals surface area (Å²) < 4.78 is 5.12. The van der Waals surface area contributed by atoms with Gasteiger partial charge in [0.1, 0.15) is 0 Å². The largest absolute Gasteiger partial charge is 0.475 e. The topological polar surface area (TPSA) is 70.8 Å². The first kappa shape index (κ1) is 13.4. The van der Waals surface area contributed by atoms with Crippen LogP contribution in [0.25, 0.3) is 0 Å². The fraction of sp³-hybridized carbons (Fsp3) is 0.250. The molecular formula is C16H15NO4. The molecule has 1 aromatic carbocycles. The average molecular weight is 285 g/mol. The molecule has 0 saturated heterocycles. The van der Waals surface area contributed by atoms with Crippen molar-refractivity contribution in [2.45, 2.75) is 12.8 Å². The van der Waals surface area contributed by atoms with Crippen LogP contribution in [0.3, 0.4) is 0 Å². The van der Waals surface area contributed by atoms with Crippen molar-refractivity contribution in [1.82, 2.24) is 0 Å². The van der Waals surface area contributed by atoms with Gasteiger partial charge in [-0.3, -0.25) is 4.79 Å². The summed E-state index contributed by atoms with van der Waals surface area (Å²) in [4.78, 5) is 25.1. The first-order valence-electron chi connectivity index (χ1n) is 6.85. The van der Waals surface area contributed by atoms with E-state index in [1.165, 1.54) is 12.1 Å².